The fourth-order valence-electron chi connectivity index (χ4n) is 3.67. The van der Waals surface area contributed by atoms with E-state index in [4.69, 9.17) is 9.57 Å². The van der Waals surface area contributed by atoms with Crippen molar-refractivity contribution in [3.63, 3.8) is 0 Å². The van der Waals surface area contributed by atoms with Gasteiger partial charge in [0.1, 0.15) is 5.75 Å². The van der Waals surface area contributed by atoms with Crippen LogP contribution in [-0.4, -0.2) is 18.8 Å². The number of hydrogen-bond donors (Lipinski definition) is 0. The quantitative estimate of drug-likeness (QED) is 0.467. The molecule has 1 aliphatic carbocycles. The monoisotopic (exact) mass is 393 g/mol. The van der Waals surface area contributed by atoms with Crippen LogP contribution in [0.5, 0.6) is 5.75 Å². The van der Waals surface area contributed by atoms with Gasteiger partial charge in [0, 0.05) is 0 Å². The van der Waals surface area contributed by atoms with Crippen molar-refractivity contribution in [3.8, 4) is 5.75 Å². The number of benzene rings is 2. The first-order valence-electron chi connectivity index (χ1n) is 10.4. The molecule has 0 amide bonds. The highest BCUT2D eigenvalue weighted by Crippen LogP contribution is 2.27. The number of ether oxygens (including phenoxy) is 1. The van der Waals surface area contributed by atoms with Crippen LogP contribution in [0.25, 0.3) is 0 Å². The Morgan fingerprint density at radius 1 is 1.00 bits per heavy atom. The molecule has 0 saturated heterocycles. The normalized spacial score (nSPS) is 17.0. The summed E-state index contributed by atoms with van der Waals surface area (Å²) in [5, 5.41) is 4.15. The van der Waals surface area contributed by atoms with Crippen molar-refractivity contribution >= 4 is 11.7 Å². The highest BCUT2D eigenvalue weighted by atomic mass is 16.7. The summed E-state index contributed by atoms with van der Waals surface area (Å²) in [6.07, 6.45) is 4.98. The van der Waals surface area contributed by atoms with Crippen molar-refractivity contribution in [3.05, 3.63) is 65.2 Å². The maximum Gasteiger partial charge on any atom is 0.365 e. The third kappa shape index (κ3) is 5.93. The molecule has 0 radical (unpaired) electrons. The Hall–Kier alpha value is -2.62. The van der Waals surface area contributed by atoms with Gasteiger partial charge in [-0.2, -0.15) is 0 Å². The third-order valence-electron chi connectivity index (χ3n) is 5.61. The molecule has 0 aromatic heterocycles. The average molecular weight is 394 g/mol. The number of carbonyl (C=O) groups excluding carboxylic acids is 1. The van der Waals surface area contributed by atoms with Crippen LogP contribution in [0.2, 0.25) is 0 Å². The van der Waals surface area contributed by atoms with Crippen molar-refractivity contribution < 1.29 is 14.4 Å². The fraction of sp³-hybridized carbons (Fsp3) is 0.440. The molecule has 2 aromatic carbocycles. The molecule has 3 rings (SSSR count). The predicted molar refractivity (Wildman–Crippen MR) is 117 cm³/mol. The van der Waals surface area contributed by atoms with Gasteiger partial charge in [0.15, 0.2) is 0 Å². The Bertz CT molecular complexity index is 835. The molecular weight excluding hydrogens is 362 g/mol. The molecule has 29 heavy (non-hydrogen) atoms. The Morgan fingerprint density at radius 3 is 2.17 bits per heavy atom. The molecule has 0 heterocycles. The number of carbonyl (C=O) groups is 1. The first kappa shape index (κ1) is 21.1. The van der Waals surface area contributed by atoms with Gasteiger partial charge >= 0.3 is 5.97 Å². The number of hydrogen-bond acceptors (Lipinski definition) is 4. The van der Waals surface area contributed by atoms with E-state index in [-0.39, 0.29) is 5.41 Å². The van der Waals surface area contributed by atoms with Crippen LogP contribution in [0.3, 0.4) is 0 Å². The smallest absolute Gasteiger partial charge is 0.365 e. The molecule has 0 aliphatic heterocycles. The second-order valence-electron chi connectivity index (χ2n) is 8.86. The SMILES string of the molecule is COc1ccc(CC2CCC(=NOC(=O)c3ccc(C(C)(C)C)cc3)CC2)cc1. The van der Waals surface area contributed by atoms with Crippen LogP contribution in [0.1, 0.15) is 67.9 Å². The number of methoxy groups -OCH3 is 1. The molecule has 1 aliphatic rings. The van der Waals surface area contributed by atoms with Gasteiger partial charge in [-0.15, -0.1) is 0 Å². The molecule has 0 spiro atoms. The van der Waals surface area contributed by atoms with E-state index in [0.29, 0.717) is 11.5 Å². The maximum atomic E-state index is 12.3. The van der Waals surface area contributed by atoms with E-state index < -0.39 is 5.97 Å². The van der Waals surface area contributed by atoms with Gasteiger partial charge in [0.25, 0.3) is 0 Å². The summed E-state index contributed by atoms with van der Waals surface area (Å²) in [4.78, 5) is 17.5. The van der Waals surface area contributed by atoms with Crippen LogP contribution in [0.4, 0.5) is 0 Å². The minimum Gasteiger partial charge on any atom is -0.497 e. The van der Waals surface area contributed by atoms with Crippen molar-refractivity contribution in [2.24, 2.45) is 11.1 Å². The van der Waals surface area contributed by atoms with Crippen molar-refractivity contribution in [1.29, 1.82) is 0 Å². The Labute approximate surface area is 173 Å². The van der Waals surface area contributed by atoms with E-state index in [1.165, 1.54) is 11.1 Å². The molecule has 1 saturated carbocycles. The van der Waals surface area contributed by atoms with Gasteiger partial charge in [0.05, 0.1) is 18.4 Å². The number of rotatable bonds is 5. The summed E-state index contributed by atoms with van der Waals surface area (Å²) < 4.78 is 5.21. The molecule has 0 unspecified atom stereocenters. The molecule has 0 bridgehead atoms. The third-order valence-corrected chi connectivity index (χ3v) is 5.61. The average Bonchev–Trinajstić information content (AvgIpc) is 2.73. The van der Waals surface area contributed by atoms with Gasteiger partial charge in [-0.25, -0.2) is 4.79 Å². The lowest BCUT2D eigenvalue weighted by atomic mass is 9.84. The maximum absolute atomic E-state index is 12.3. The summed E-state index contributed by atoms with van der Waals surface area (Å²) in [5.41, 5.74) is 4.11. The molecule has 1 fully saturated rings. The number of oxime groups is 1. The Morgan fingerprint density at radius 2 is 1.62 bits per heavy atom. The molecule has 0 N–H and O–H groups in total. The van der Waals surface area contributed by atoms with E-state index in [1.54, 1.807) is 7.11 Å². The summed E-state index contributed by atoms with van der Waals surface area (Å²) >= 11 is 0. The van der Waals surface area contributed by atoms with Gasteiger partial charge in [0.2, 0.25) is 0 Å². The van der Waals surface area contributed by atoms with Gasteiger partial charge in [-0.05, 0) is 78.8 Å². The van der Waals surface area contributed by atoms with Crippen LogP contribution in [0, 0.1) is 5.92 Å². The molecule has 2 aromatic rings. The fourth-order valence-corrected chi connectivity index (χ4v) is 3.67. The Kier molecular flexibility index (Phi) is 6.73. The second kappa shape index (κ2) is 9.25. The largest absolute Gasteiger partial charge is 0.497 e. The Balaban J connectivity index is 1.48. The lowest BCUT2D eigenvalue weighted by Gasteiger charge is -2.22. The van der Waals surface area contributed by atoms with E-state index in [0.717, 1.165) is 43.6 Å². The minimum atomic E-state index is -0.390. The van der Waals surface area contributed by atoms with Crippen molar-refractivity contribution in [2.45, 2.75) is 58.3 Å². The first-order chi connectivity index (χ1) is 13.8. The molecule has 0 atom stereocenters. The number of nitrogens with zero attached hydrogens (tertiary/aromatic N) is 1. The predicted octanol–water partition coefficient (Wildman–Crippen LogP) is 5.94. The first-order valence-corrected chi connectivity index (χ1v) is 10.4. The van der Waals surface area contributed by atoms with E-state index in [2.05, 4.69) is 38.1 Å². The van der Waals surface area contributed by atoms with Crippen LogP contribution in [0.15, 0.2) is 53.7 Å². The second-order valence-corrected chi connectivity index (χ2v) is 8.86. The zero-order valence-corrected chi connectivity index (χ0v) is 17.9. The highest BCUT2D eigenvalue weighted by molar-refractivity contribution is 5.91. The lowest BCUT2D eigenvalue weighted by Crippen LogP contribution is -2.17. The van der Waals surface area contributed by atoms with Gasteiger partial charge < -0.3 is 9.57 Å². The highest BCUT2D eigenvalue weighted by Gasteiger charge is 2.19. The van der Waals surface area contributed by atoms with E-state index >= 15 is 0 Å². The van der Waals surface area contributed by atoms with Crippen molar-refractivity contribution in [1.82, 2.24) is 0 Å². The summed E-state index contributed by atoms with van der Waals surface area (Å²) in [6.45, 7) is 6.45. The lowest BCUT2D eigenvalue weighted by molar-refractivity contribution is 0.0513. The molecular formula is C25H31NO3. The zero-order valence-electron chi connectivity index (χ0n) is 17.9. The standard InChI is InChI=1S/C25H31NO3/c1-25(2,3)21-11-9-20(10-12-21)24(27)29-26-22-13-5-18(6-14-22)17-19-7-15-23(28-4)16-8-19/h7-12,15-16,18H,5-6,13-14,17H2,1-4H3. The molecule has 4 nitrogen and oxygen atoms in total. The van der Waals surface area contributed by atoms with Gasteiger partial charge in [-0.1, -0.05) is 50.2 Å². The topological polar surface area (TPSA) is 47.9 Å². The molecule has 154 valence electrons. The summed E-state index contributed by atoms with van der Waals surface area (Å²) in [6, 6.07) is 15.9. The zero-order chi connectivity index (χ0) is 20.9. The minimum absolute atomic E-state index is 0.0626. The summed E-state index contributed by atoms with van der Waals surface area (Å²) in [5.74, 6) is 1.14. The van der Waals surface area contributed by atoms with E-state index in [9.17, 15) is 4.79 Å². The van der Waals surface area contributed by atoms with Gasteiger partial charge in [-0.3, -0.25) is 0 Å². The van der Waals surface area contributed by atoms with Crippen LogP contribution < -0.4 is 4.74 Å². The van der Waals surface area contributed by atoms with E-state index in [1.807, 2.05) is 36.4 Å². The van der Waals surface area contributed by atoms with Crippen LogP contribution in [-0.2, 0) is 16.7 Å². The molecule has 4 heteroatoms. The summed E-state index contributed by atoms with van der Waals surface area (Å²) in [7, 11) is 1.69. The van der Waals surface area contributed by atoms with Crippen LogP contribution >= 0.6 is 0 Å². The van der Waals surface area contributed by atoms with Crippen molar-refractivity contribution in [2.75, 3.05) is 7.11 Å².